The number of nitrogens with zero attached hydrogens (tertiary/aromatic N) is 1. The van der Waals surface area contributed by atoms with Gasteiger partial charge in [0.1, 0.15) is 24.1 Å². The van der Waals surface area contributed by atoms with Gasteiger partial charge in [-0.15, -0.1) is 0 Å². The van der Waals surface area contributed by atoms with E-state index in [1.54, 1.807) is 42.5 Å². The maximum absolute atomic E-state index is 13.1. The zero-order chi connectivity index (χ0) is 23.9. The van der Waals surface area contributed by atoms with E-state index in [9.17, 15) is 14.4 Å². The summed E-state index contributed by atoms with van der Waals surface area (Å²) < 4.78 is 34.8. The van der Waals surface area contributed by atoms with Crippen LogP contribution in [-0.2, 0) is 17.9 Å². The number of benzene rings is 3. The average Bonchev–Trinajstić information content (AvgIpc) is 3.33. The number of amides is 1. The Kier molecular flexibility index (Phi) is 6.94. The summed E-state index contributed by atoms with van der Waals surface area (Å²) in [5, 5.41) is 12.2. The smallest absolute Gasteiger partial charge is 0.262 e. The molecule has 172 valence electrons. The molecule has 4 rings (SSSR count). The van der Waals surface area contributed by atoms with Crippen molar-refractivity contribution in [2.75, 3.05) is 13.9 Å². The van der Waals surface area contributed by atoms with E-state index in [1.807, 2.05) is 12.1 Å². The average molecular weight is 460 g/mol. The van der Waals surface area contributed by atoms with Crippen LogP contribution in [0.1, 0.15) is 16.7 Å². The van der Waals surface area contributed by atoms with Crippen molar-refractivity contribution in [1.82, 2.24) is 5.32 Å². The third-order valence-electron chi connectivity index (χ3n) is 5.06. The minimum absolute atomic E-state index is 0.0530. The Morgan fingerprint density at radius 3 is 2.59 bits per heavy atom. The fourth-order valence-electron chi connectivity index (χ4n) is 3.28. The van der Waals surface area contributed by atoms with Gasteiger partial charge in [-0.25, -0.2) is 4.39 Å². The summed E-state index contributed by atoms with van der Waals surface area (Å²) in [5.41, 5.74) is 2.17. The summed E-state index contributed by atoms with van der Waals surface area (Å²) in [6.45, 7) is 0.636. The Morgan fingerprint density at radius 2 is 1.82 bits per heavy atom. The monoisotopic (exact) mass is 460 g/mol. The molecule has 1 heterocycles. The van der Waals surface area contributed by atoms with Crippen molar-refractivity contribution in [3.8, 4) is 29.1 Å². The molecule has 0 aromatic heterocycles. The van der Waals surface area contributed by atoms with Crippen molar-refractivity contribution >= 4 is 12.0 Å². The van der Waals surface area contributed by atoms with Gasteiger partial charge in [0.2, 0.25) is 6.79 Å². The predicted octanol–water partition coefficient (Wildman–Crippen LogP) is 4.37. The molecule has 1 N–H and O–H groups in total. The van der Waals surface area contributed by atoms with Crippen LogP contribution in [0.25, 0.3) is 6.08 Å². The number of carbonyl (C=O) groups excluding carboxylic acids is 1. The summed E-state index contributed by atoms with van der Waals surface area (Å²) in [6.07, 6.45) is 1.47. The molecule has 1 aliphatic rings. The first-order chi connectivity index (χ1) is 16.6. The van der Waals surface area contributed by atoms with Gasteiger partial charge in [0, 0.05) is 6.54 Å². The second kappa shape index (κ2) is 10.4. The second-order valence-electron chi connectivity index (χ2n) is 7.37. The molecule has 8 heteroatoms. The number of ether oxygens (including phenoxy) is 4. The zero-order valence-electron chi connectivity index (χ0n) is 18.3. The molecule has 0 bridgehead atoms. The lowest BCUT2D eigenvalue weighted by Crippen LogP contribution is -2.23. The van der Waals surface area contributed by atoms with Gasteiger partial charge in [-0.3, -0.25) is 4.79 Å². The van der Waals surface area contributed by atoms with Gasteiger partial charge in [-0.05, 0) is 59.2 Å². The summed E-state index contributed by atoms with van der Waals surface area (Å²) in [5.74, 6) is 1.38. The standard InChI is InChI=1S/C26H21FN2O5/c1-31-24-11-18(4-8-22(24)32-15-17-2-6-21(27)7-3-17)10-20(13-28)26(30)29-14-19-5-9-23-25(12-19)34-16-33-23/h2-12H,14-16H2,1H3,(H,29,30)/b20-10+. The van der Waals surface area contributed by atoms with Gasteiger partial charge in [-0.1, -0.05) is 24.3 Å². The molecule has 34 heavy (non-hydrogen) atoms. The number of hydrogen-bond donors (Lipinski definition) is 1. The first-order valence-electron chi connectivity index (χ1n) is 10.4. The summed E-state index contributed by atoms with van der Waals surface area (Å²) in [4.78, 5) is 12.5. The normalized spacial score (nSPS) is 12.1. The van der Waals surface area contributed by atoms with E-state index in [-0.39, 0.29) is 31.3 Å². The molecule has 0 saturated heterocycles. The third kappa shape index (κ3) is 5.45. The first-order valence-corrected chi connectivity index (χ1v) is 10.4. The van der Waals surface area contributed by atoms with Crippen LogP contribution in [0, 0.1) is 17.1 Å². The van der Waals surface area contributed by atoms with E-state index in [4.69, 9.17) is 18.9 Å². The molecule has 0 radical (unpaired) electrons. The van der Waals surface area contributed by atoms with E-state index in [0.717, 1.165) is 11.1 Å². The number of carbonyl (C=O) groups is 1. The fraction of sp³-hybridized carbons (Fsp3) is 0.154. The topological polar surface area (TPSA) is 89.8 Å². The van der Waals surface area contributed by atoms with E-state index < -0.39 is 5.91 Å². The largest absolute Gasteiger partial charge is 0.493 e. The van der Waals surface area contributed by atoms with Crippen molar-refractivity contribution in [2.24, 2.45) is 0 Å². The van der Waals surface area contributed by atoms with E-state index >= 15 is 0 Å². The van der Waals surface area contributed by atoms with Crippen molar-refractivity contribution in [2.45, 2.75) is 13.2 Å². The van der Waals surface area contributed by atoms with Crippen LogP contribution in [0.2, 0.25) is 0 Å². The molecule has 3 aromatic rings. The molecule has 0 aliphatic carbocycles. The molecule has 1 aliphatic heterocycles. The van der Waals surface area contributed by atoms with Gasteiger partial charge in [0.05, 0.1) is 7.11 Å². The van der Waals surface area contributed by atoms with Crippen LogP contribution in [0.15, 0.2) is 66.2 Å². The maximum Gasteiger partial charge on any atom is 0.262 e. The molecule has 0 unspecified atom stereocenters. The number of nitrogens with one attached hydrogen (secondary N) is 1. The molecular weight excluding hydrogens is 439 g/mol. The Balaban J connectivity index is 1.41. The molecule has 7 nitrogen and oxygen atoms in total. The third-order valence-corrected chi connectivity index (χ3v) is 5.06. The van der Waals surface area contributed by atoms with Gasteiger partial charge >= 0.3 is 0 Å². The van der Waals surface area contributed by atoms with Crippen molar-refractivity contribution in [3.63, 3.8) is 0 Å². The second-order valence-corrected chi connectivity index (χ2v) is 7.37. The molecule has 0 spiro atoms. The van der Waals surface area contributed by atoms with Crippen molar-refractivity contribution < 1.29 is 28.1 Å². The van der Waals surface area contributed by atoms with E-state index in [0.29, 0.717) is 28.6 Å². The van der Waals surface area contributed by atoms with Crippen LogP contribution in [0.4, 0.5) is 4.39 Å². The lowest BCUT2D eigenvalue weighted by Gasteiger charge is -2.12. The highest BCUT2D eigenvalue weighted by Gasteiger charge is 2.15. The Bertz CT molecular complexity index is 1270. The van der Waals surface area contributed by atoms with Gasteiger partial charge in [0.15, 0.2) is 23.0 Å². The highest BCUT2D eigenvalue weighted by Crippen LogP contribution is 2.32. The van der Waals surface area contributed by atoms with Gasteiger partial charge < -0.3 is 24.3 Å². The van der Waals surface area contributed by atoms with Crippen LogP contribution >= 0.6 is 0 Å². The molecule has 0 atom stereocenters. The Hall–Kier alpha value is -4.51. The minimum atomic E-state index is -0.504. The number of hydrogen-bond acceptors (Lipinski definition) is 6. The molecule has 0 fully saturated rings. The SMILES string of the molecule is COc1cc(/C=C(\C#N)C(=O)NCc2ccc3c(c2)OCO3)ccc1OCc1ccc(F)cc1. The number of nitriles is 1. The molecule has 0 saturated carbocycles. The number of halogens is 1. The summed E-state index contributed by atoms with van der Waals surface area (Å²) >= 11 is 0. The predicted molar refractivity (Wildman–Crippen MR) is 122 cm³/mol. The molecular formula is C26H21FN2O5. The van der Waals surface area contributed by atoms with E-state index in [1.165, 1.54) is 25.3 Å². The minimum Gasteiger partial charge on any atom is -0.493 e. The zero-order valence-corrected chi connectivity index (χ0v) is 18.3. The van der Waals surface area contributed by atoms with E-state index in [2.05, 4.69) is 5.32 Å². The molecule has 3 aromatic carbocycles. The lowest BCUT2D eigenvalue weighted by atomic mass is 10.1. The van der Waals surface area contributed by atoms with Crippen LogP contribution in [-0.4, -0.2) is 19.8 Å². The fourth-order valence-corrected chi connectivity index (χ4v) is 3.28. The number of methoxy groups -OCH3 is 1. The maximum atomic E-state index is 13.1. The Labute approximate surface area is 195 Å². The quantitative estimate of drug-likeness (QED) is 0.397. The van der Waals surface area contributed by atoms with Crippen LogP contribution in [0.3, 0.4) is 0 Å². The van der Waals surface area contributed by atoms with Crippen LogP contribution in [0.5, 0.6) is 23.0 Å². The highest BCUT2D eigenvalue weighted by atomic mass is 19.1. The lowest BCUT2D eigenvalue weighted by molar-refractivity contribution is -0.117. The highest BCUT2D eigenvalue weighted by molar-refractivity contribution is 6.01. The van der Waals surface area contributed by atoms with Gasteiger partial charge in [0.25, 0.3) is 5.91 Å². The number of rotatable bonds is 8. The summed E-state index contributed by atoms with van der Waals surface area (Å²) in [7, 11) is 1.50. The van der Waals surface area contributed by atoms with Crippen molar-refractivity contribution in [3.05, 3.63) is 88.7 Å². The van der Waals surface area contributed by atoms with Crippen LogP contribution < -0.4 is 24.3 Å². The number of fused-ring (bicyclic) bond motifs is 1. The Morgan fingerprint density at radius 1 is 1.06 bits per heavy atom. The first kappa shape index (κ1) is 22.7. The van der Waals surface area contributed by atoms with Crippen molar-refractivity contribution in [1.29, 1.82) is 5.26 Å². The molecule has 1 amide bonds. The van der Waals surface area contributed by atoms with Gasteiger partial charge in [-0.2, -0.15) is 5.26 Å². The summed E-state index contributed by atoms with van der Waals surface area (Å²) in [6, 6.07) is 18.4.